The fourth-order valence-corrected chi connectivity index (χ4v) is 2.74. The second-order valence-corrected chi connectivity index (χ2v) is 5.76. The molecule has 2 aromatic heterocycles. The van der Waals surface area contributed by atoms with Crippen molar-refractivity contribution in [2.75, 3.05) is 0 Å². The summed E-state index contributed by atoms with van der Waals surface area (Å²) in [5.41, 5.74) is -0.0851. The maximum atomic E-state index is 10.6. The minimum atomic E-state index is -0.940. The monoisotopic (exact) mass is 250 g/mol. The van der Waals surface area contributed by atoms with Crippen LogP contribution < -0.4 is 0 Å². The standard InChI is InChI=1S/C13H18N2OS/c1-4-7-15-9-11(8-14-15)13(3,16)12-6-5-10(2)17-12/h5-6,8-9,16H,4,7H2,1-3H3. The van der Waals surface area contributed by atoms with E-state index in [1.807, 2.05) is 36.9 Å². The van der Waals surface area contributed by atoms with Crippen LogP contribution in [0.25, 0.3) is 0 Å². The highest BCUT2D eigenvalue weighted by atomic mass is 32.1. The van der Waals surface area contributed by atoms with Crippen LogP contribution in [0.3, 0.4) is 0 Å². The summed E-state index contributed by atoms with van der Waals surface area (Å²) >= 11 is 1.63. The van der Waals surface area contributed by atoms with Crippen LogP contribution in [-0.2, 0) is 12.1 Å². The van der Waals surface area contributed by atoms with Crippen molar-refractivity contribution in [2.24, 2.45) is 0 Å². The minimum absolute atomic E-state index is 0.854. The molecule has 4 heteroatoms. The molecule has 0 spiro atoms. The van der Waals surface area contributed by atoms with Crippen molar-refractivity contribution in [1.29, 1.82) is 0 Å². The van der Waals surface area contributed by atoms with Gasteiger partial charge in [0.15, 0.2) is 0 Å². The van der Waals surface area contributed by atoms with Crippen molar-refractivity contribution in [3.8, 4) is 0 Å². The van der Waals surface area contributed by atoms with Gasteiger partial charge in [-0.1, -0.05) is 6.92 Å². The Balaban J connectivity index is 2.30. The molecule has 0 amide bonds. The number of thiophene rings is 1. The maximum Gasteiger partial charge on any atom is 0.124 e. The van der Waals surface area contributed by atoms with Gasteiger partial charge in [0.1, 0.15) is 5.60 Å². The molecule has 1 N–H and O–H groups in total. The second-order valence-electron chi connectivity index (χ2n) is 4.47. The highest BCUT2D eigenvalue weighted by Gasteiger charge is 2.28. The molecule has 0 bridgehead atoms. The fraction of sp³-hybridized carbons (Fsp3) is 0.462. The van der Waals surface area contributed by atoms with E-state index < -0.39 is 5.60 Å². The summed E-state index contributed by atoms with van der Waals surface area (Å²) in [6, 6.07) is 4.02. The molecule has 1 unspecified atom stereocenters. The quantitative estimate of drug-likeness (QED) is 0.906. The molecule has 0 aliphatic carbocycles. The van der Waals surface area contributed by atoms with Crippen LogP contribution in [0.5, 0.6) is 0 Å². The zero-order valence-electron chi connectivity index (χ0n) is 10.5. The first-order valence-electron chi connectivity index (χ1n) is 5.86. The molecule has 0 saturated heterocycles. The summed E-state index contributed by atoms with van der Waals surface area (Å²) in [6.45, 7) is 6.87. The van der Waals surface area contributed by atoms with E-state index in [9.17, 15) is 5.11 Å². The number of hydrogen-bond acceptors (Lipinski definition) is 3. The van der Waals surface area contributed by atoms with Gasteiger partial charge in [0.2, 0.25) is 0 Å². The van der Waals surface area contributed by atoms with Gasteiger partial charge in [-0.15, -0.1) is 11.3 Å². The summed E-state index contributed by atoms with van der Waals surface area (Å²) in [5.74, 6) is 0. The van der Waals surface area contributed by atoms with E-state index in [4.69, 9.17) is 0 Å². The number of aliphatic hydroxyl groups is 1. The van der Waals surface area contributed by atoms with Gasteiger partial charge in [0.05, 0.1) is 6.20 Å². The van der Waals surface area contributed by atoms with E-state index in [2.05, 4.69) is 12.0 Å². The molecular weight excluding hydrogens is 232 g/mol. The van der Waals surface area contributed by atoms with Crippen LogP contribution in [0.2, 0.25) is 0 Å². The van der Waals surface area contributed by atoms with Crippen molar-refractivity contribution < 1.29 is 5.11 Å². The number of rotatable bonds is 4. The van der Waals surface area contributed by atoms with Crippen LogP contribution in [0.15, 0.2) is 24.5 Å². The minimum Gasteiger partial charge on any atom is -0.380 e. The summed E-state index contributed by atoms with van der Waals surface area (Å²) in [4.78, 5) is 2.17. The molecule has 92 valence electrons. The third-order valence-electron chi connectivity index (χ3n) is 2.87. The van der Waals surface area contributed by atoms with Gasteiger partial charge < -0.3 is 5.11 Å². The van der Waals surface area contributed by atoms with Gasteiger partial charge in [-0.2, -0.15) is 5.10 Å². The van der Waals surface area contributed by atoms with Gasteiger partial charge in [0.25, 0.3) is 0 Å². The largest absolute Gasteiger partial charge is 0.380 e. The van der Waals surface area contributed by atoms with Crippen LogP contribution in [-0.4, -0.2) is 14.9 Å². The van der Waals surface area contributed by atoms with Crippen LogP contribution in [0, 0.1) is 6.92 Å². The van der Waals surface area contributed by atoms with Crippen molar-refractivity contribution in [3.05, 3.63) is 39.8 Å². The summed E-state index contributed by atoms with van der Waals surface area (Å²) in [6.07, 6.45) is 4.73. The van der Waals surface area contributed by atoms with E-state index in [1.54, 1.807) is 17.5 Å². The molecule has 2 aromatic rings. The first-order valence-corrected chi connectivity index (χ1v) is 6.68. The van der Waals surface area contributed by atoms with Gasteiger partial charge in [-0.3, -0.25) is 4.68 Å². The first-order chi connectivity index (χ1) is 8.04. The molecule has 0 aliphatic rings. The predicted molar refractivity (Wildman–Crippen MR) is 70.2 cm³/mol. The van der Waals surface area contributed by atoms with Gasteiger partial charge in [-0.25, -0.2) is 0 Å². The Kier molecular flexibility index (Phi) is 3.35. The summed E-state index contributed by atoms with van der Waals surface area (Å²) in [7, 11) is 0. The summed E-state index contributed by atoms with van der Waals surface area (Å²) < 4.78 is 1.88. The normalized spacial score (nSPS) is 14.8. The lowest BCUT2D eigenvalue weighted by Crippen LogP contribution is -2.20. The average molecular weight is 250 g/mol. The van der Waals surface area contributed by atoms with Crippen molar-refractivity contribution >= 4 is 11.3 Å². The Morgan fingerprint density at radius 2 is 2.24 bits per heavy atom. The number of aromatic nitrogens is 2. The third kappa shape index (κ3) is 2.42. The topological polar surface area (TPSA) is 38.0 Å². The van der Waals surface area contributed by atoms with E-state index >= 15 is 0 Å². The Morgan fingerprint density at radius 1 is 1.47 bits per heavy atom. The van der Waals surface area contributed by atoms with Crippen molar-refractivity contribution in [1.82, 2.24) is 9.78 Å². The third-order valence-corrected chi connectivity index (χ3v) is 4.08. The molecule has 0 aromatic carbocycles. The average Bonchev–Trinajstić information content (AvgIpc) is 2.88. The van der Waals surface area contributed by atoms with Gasteiger partial charge in [0, 0.05) is 28.1 Å². The number of nitrogens with zero attached hydrogens (tertiary/aromatic N) is 2. The molecule has 0 saturated carbocycles. The Labute approximate surface area is 106 Å². The van der Waals surface area contributed by atoms with Crippen LogP contribution >= 0.6 is 11.3 Å². The lowest BCUT2D eigenvalue weighted by Gasteiger charge is -2.20. The van der Waals surface area contributed by atoms with E-state index in [0.29, 0.717) is 0 Å². The predicted octanol–water partition coefficient (Wildman–Crippen LogP) is 2.92. The Bertz CT molecular complexity index is 499. The second kappa shape index (κ2) is 4.63. The number of hydrogen-bond donors (Lipinski definition) is 1. The zero-order valence-corrected chi connectivity index (χ0v) is 11.3. The lowest BCUT2D eigenvalue weighted by molar-refractivity contribution is 0.106. The van der Waals surface area contributed by atoms with E-state index in [1.165, 1.54) is 4.88 Å². The molecule has 17 heavy (non-hydrogen) atoms. The van der Waals surface area contributed by atoms with E-state index in [-0.39, 0.29) is 0 Å². The smallest absolute Gasteiger partial charge is 0.124 e. The molecule has 0 aliphatic heterocycles. The molecule has 2 heterocycles. The summed E-state index contributed by atoms with van der Waals surface area (Å²) in [5, 5.41) is 14.9. The molecule has 2 rings (SSSR count). The van der Waals surface area contributed by atoms with Crippen molar-refractivity contribution in [3.63, 3.8) is 0 Å². The molecular formula is C13H18N2OS. The van der Waals surface area contributed by atoms with E-state index in [0.717, 1.165) is 23.4 Å². The molecule has 3 nitrogen and oxygen atoms in total. The number of aryl methyl sites for hydroxylation is 2. The lowest BCUT2D eigenvalue weighted by atomic mass is 9.98. The Hall–Kier alpha value is -1.13. The maximum absolute atomic E-state index is 10.6. The van der Waals surface area contributed by atoms with Crippen LogP contribution in [0.1, 0.15) is 35.6 Å². The first kappa shape index (κ1) is 12.3. The SMILES string of the molecule is CCCn1cc(C(C)(O)c2ccc(C)s2)cn1. The van der Waals surface area contributed by atoms with Crippen molar-refractivity contribution in [2.45, 2.75) is 39.3 Å². The highest BCUT2D eigenvalue weighted by Crippen LogP contribution is 2.33. The van der Waals surface area contributed by atoms with Gasteiger partial charge in [-0.05, 0) is 32.4 Å². The molecule has 1 atom stereocenters. The van der Waals surface area contributed by atoms with Gasteiger partial charge >= 0.3 is 0 Å². The Morgan fingerprint density at radius 3 is 2.82 bits per heavy atom. The fourth-order valence-electron chi connectivity index (χ4n) is 1.80. The molecule has 0 radical (unpaired) electrons. The highest BCUT2D eigenvalue weighted by molar-refractivity contribution is 7.12. The zero-order chi connectivity index (χ0) is 12.5. The van der Waals surface area contributed by atoms with Crippen LogP contribution in [0.4, 0.5) is 0 Å². The molecule has 0 fully saturated rings.